The van der Waals surface area contributed by atoms with E-state index in [0.29, 0.717) is 37.4 Å². The highest BCUT2D eigenvalue weighted by Crippen LogP contribution is 2.29. The first kappa shape index (κ1) is 35.2. The Morgan fingerprint density at radius 2 is 1.41 bits per heavy atom. The number of aromatic nitrogens is 2. The van der Waals surface area contributed by atoms with E-state index < -0.39 is 23.7 Å². The number of nitrogens with zero attached hydrogens (tertiary/aromatic N) is 5. The molecule has 1 aliphatic rings. The number of rotatable bonds is 11. The van der Waals surface area contributed by atoms with E-state index in [1.54, 1.807) is 23.4 Å². The van der Waals surface area contributed by atoms with Crippen molar-refractivity contribution in [2.24, 2.45) is 0 Å². The second-order valence-electron chi connectivity index (χ2n) is 12.5. The summed E-state index contributed by atoms with van der Waals surface area (Å²) in [6.45, 7) is 3.30. The van der Waals surface area contributed by atoms with Crippen LogP contribution < -0.4 is 0 Å². The van der Waals surface area contributed by atoms with Crippen LogP contribution in [0.3, 0.4) is 0 Å². The molecule has 0 N–H and O–H groups in total. The van der Waals surface area contributed by atoms with Crippen molar-refractivity contribution in [1.82, 2.24) is 24.7 Å². The standard InChI is InChI=1S/C41H38F3N5O2/c42-41(43,44)35-19-14-31(15-20-35)16-21-39(50)49(30-33-12-17-34(18-13-33)37-11-5-7-23-46-37)38(28-36-10-4-6-22-45-36)40(51)48-26-24-47(25-27-48)29-32-8-2-1-3-9-32/h1-23,38H,24-30H2/b21-16+/t38-/m0/s1. The summed E-state index contributed by atoms with van der Waals surface area (Å²) >= 11 is 0. The van der Waals surface area contributed by atoms with Gasteiger partial charge < -0.3 is 9.80 Å². The number of piperazine rings is 1. The van der Waals surface area contributed by atoms with Gasteiger partial charge in [0.25, 0.3) is 0 Å². The highest BCUT2D eigenvalue weighted by molar-refractivity contribution is 5.95. The summed E-state index contributed by atoms with van der Waals surface area (Å²) in [7, 11) is 0. The topological polar surface area (TPSA) is 69.6 Å². The van der Waals surface area contributed by atoms with Crippen LogP contribution in [0.2, 0.25) is 0 Å². The molecule has 1 atom stereocenters. The first-order valence-electron chi connectivity index (χ1n) is 16.8. The molecule has 10 heteroatoms. The molecule has 7 nitrogen and oxygen atoms in total. The molecule has 1 saturated heterocycles. The molecule has 1 aliphatic heterocycles. The van der Waals surface area contributed by atoms with Crippen molar-refractivity contribution in [2.45, 2.75) is 31.7 Å². The van der Waals surface area contributed by atoms with Crippen LogP contribution in [0.5, 0.6) is 0 Å². The molecule has 0 aliphatic carbocycles. The lowest BCUT2D eigenvalue weighted by Gasteiger charge is -2.39. The zero-order chi connectivity index (χ0) is 35.6. The third-order valence-electron chi connectivity index (χ3n) is 8.93. The molecule has 0 saturated carbocycles. The average molecular weight is 690 g/mol. The van der Waals surface area contributed by atoms with Crippen molar-refractivity contribution in [2.75, 3.05) is 26.2 Å². The number of pyridine rings is 2. The maximum Gasteiger partial charge on any atom is 0.416 e. The SMILES string of the molecule is O=C([C@H](Cc1ccccn1)N(Cc1ccc(-c2ccccn2)cc1)C(=O)/C=C/c1ccc(C(F)(F)F)cc1)N1CCN(Cc2ccccc2)CC1. The lowest BCUT2D eigenvalue weighted by Crippen LogP contribution is -2.56. The van der Waals surface area contributed by atoms with Crippen molar-refractivity contribution in [3.05, 3.63) is 162 Å². The van der Waals surface area contributed by atoms with Crippen LogP contribution in [0.25, 0.3) is 17.3 Å². The summed E-state index contributed by atoms with van der Waals surface area (Å²) in [5.74, 6) is -0.623. The van der Waals surface area contributed by atoms with Crippen LogP contribution in [-0.4, -0.2) is 68.7 Å². The predicted octanol–water partition coefficient (Wildman–Crippen LogP) is 7.16. The van der Waals surface area contributed by atoms with E-state index in [1.165, 1.54) is 29.8 Å². The van der Waals surface area contributed by atoms with Gasteiger partial charge in [0.05, 0.1) is 11.3 Å². The maximum absolute atomic E-state index is 14.5. The van der Waals surface area contributed by atoms with Gasteiger partial charge in [-0.25, -0.2) is 0 Å². The number of hydrogen-bond acceptors (Lipinski definition) is 5. The van der Waals surface area contributed by atoms with Gasteiger partial charge in [-0.05, 0) is 59.2 Å². The fourth-order valence-electron chi connectivity index (χ4n) is 6.13. The minimum absolute atomic E-state index is 0.121. The first-order valence-corrected chi connectivity index (χ1v) is 16.8. The Bertz CT molecular complexity index is 1900. The highest BCUT2D eigenvalue weighted by atomic mass is 19.4. The minimum atomic E-state index is -4.47. The van der Waals surface area contributed by atoms with E-state index in [0.717, 1.165) is 35.5 Å². The minimum Gasteiger partial charge on any atom is -0.338 e. The molecule has 0 unspecified atom stereocenters. The fraction of sp³-hybridized carbons (Fsp3) is 0.220. The number of hydrogen-bond donors (Lipinski definition) is 0. The fourth-order valence-corrected chi connectivity index (χ4v) is 6.13. The van der Waals surface area contributed by atoms with Crippen LogP contribution in [0.4, 0.5) is 13.2 Å². The van der Waals surface area contributed by atoms with Crippen LogP contribution in [0.15, 0.2) is 134 Å². The number of carbonyl (C=O) groups is 2. The second kappa shape index (κ2) is 16.4. The summed E-state index contributed by atoms with van der Waals surface area (Å²) in [5, 5.41) is 0. The van der Waals surface area contributed by atoms with E-state index in [2.05, 4.69) is 27.0 Å². The van der Waals surface area contributed by atoms with E-state index in [-0.39, 0.29) is 18.9 Å². The quantitative estimate of drug-likeness (QED) is 0.138. The van der Waals surface area contributed by atoms with Gasteiger partial charge in [-0.1, -0.05) is 78.9 Å². The highest BCUT2D eigenvalue weighted by Gasteiger charge is 2.34. The second-order valence-corrected chi connectivity index (χ2v) is 12.5. The molecule has 51 heavy (non-hydrogen) atoms. The van der Waals surface area contributed by atoms with Crippen molar-refractivity contribution in [3.8, 4) is 11.3 Å². The summed E-state index contributed by atoms with van der Waals surface area (Å²) in [4.78, 5) is 43.2. The van der Waals surface area contributed by atoms with Gasteiger partial charge in [0.15, 0.2) is 0 Å². The lowest BCUT2D eigenvalue weighted by atomic mass is 10.0. The van der Waals surface area contributed by atoms with Crippen LogP contribution in [0, 0.1) is 0 Å². The van der Waals surface area contributed by atoms with E-state index in [4.69, 9.17) is 0 Å². The van der Waals surface area contributed by atoms with Gasteiger partial charge in [0, 0.05) is 75.4 Å². The zero-order valence-electron chi connectivity index (χ0n) is 28.0. The number of benzene rings is 3. The lowest BCUT2D eigenvalue weighted by molar-refractivity contribution is -0.145. The maximum atomic E-state index is 14.5. The zero-order valence-corrected chi connectivity index (χ0v) is 28.0. The van der Waals surface area contributed by atoms with Gasteiger partial charge in [-0.15, -0.1) is 0 Å². The molecule has 5 aromatic rings. The molecule has 6 rings (SSSR count). The Morgan fingerprint density at radius 1 is 0.745 bits per heavy atom. The van der Waals surface area contributed by atoms with Gasteiger partial charge in [-0.2, -0.15) is 13.2 Å². The van der Waals surface area contributed by atoms with Gasteiger partial charge >= 0.3 is 6.18 Å². The van der Waals surface area contributed by atoms with E-state index in [9.17, 15) is 22.8 Å². The monoisotopic (exact) mass is 689 g/mol. The van der Waals surface area contributed by atoms with Gasteiger partial charge in [0.1, 0.15) is 6.04 Å². The molecule has 1 fully saturated rings. The first-order chi connectivity index (χ1) is 24.7. The normalized spacial score (nSPS) is 14.4. The average Bonchev–Trinajstić information content (AvgIpc) is 3.16. The van der Waals surface area contributed by atoms with Crippen molar-refractivity contribution < 1.29 is 22.8 Å². The molecule has 3 heterocycles. The molecular weight excluding hydrogens is 651 g/mol. The van der Waals surface area contributed by atoms with Gasteiger partial charge in [0.2, 0.25) is 11.8 Å². The Morgan fingerprint density at radius 3 is 2.04 bits per heavy atom. The number of carbonyl (C=O) groups excluding carboxylic acids is 2. The third-order valence-corrected chi connectivity index (χ3v) is 8.93. The molecule has 0 bridgehead atoms. The third kappa shape index (κ3) is 9.55. The molecule has 0 spiro atoms. The van der Waals surface area contributed by atoms with Crippen molar-refractivity contribution in [1.29, 1.82) is 0 Å². The number of amides is 2. The Labute approximate surface area is 295 Å². The van der Waals surface area contributed by atoms with Crippen LogP contribution >= 0.6 is 0 Å². The van der Waals surface area contributed by atoms with Crippen molar-refractivity contribution in [3.63, 3.8) is 0 Å². The molecular formula is C41H38F3N5O2. The predicted molar refractivity (Wildman–Crippen MR) is 191 cm³/mol. The molecule has 2 amide bonds. The molecule has 0 radical (unpaired) electrons. The Balaban J connectivity index is 1.28. The van der Waals surface area contributed by atoms with Gasteiger partial charge in [-0.3, -0.25) is 24.5 Å². The largest absolute Gasteiger partial charge is 0.416 e. The van der Waals surface area contributed by atoms with E-state index in [1.807, 2.05) is 77.7 Å². The summed E-state index contributed by atoms with van der Waals surface area (Å²) in [5.41, 5.74) is 4.05. The summed E-state index contributed by atoms with van der Waals surface area (Å²) in [6.07, 6.45) is 1.91. The smallest absolute Gasteiger partial charge is 0.338 e. The van der Waals surface area contributed by atoms with Crippen LogP contribution in [0.1, 0.15) is 27.9 Å². The Hall–Kier alpha value is -5.61. The Kier molecular flexibility index (Phi) is 11.3. The molecule has 2 aromatic heterocycles. The van der Waals surface area contributed by atoms with E-state index >= 15 is 0 Å². The number of halogens is 3. The summed E-state index contributed by atoms with van der Waals surface area (Å²) in [6, 6.07) is 32.7. The molecule has 260 valence electrons. The summed E-state index contributed by atoms with van der Waals surface area (Å²) < 4.78 is 39.5. The number of alkyl halides is 3. The van der Waals surface area contributed by atoms with Crippen molar-refractivity contribution >= 4 is 17.9 Å². The van der Waals surface area contributed by atoms with Crippen LogP contribution in [-0.2, 0) is 35.3 Å². The molecule has 3 aromatic carbocycles.